The van der Waals surface area contributed by atoms with E-state index in [9.17, 15) is 4.79 Å². The second-order valence-electron chi connectivity index (χ2n) is 4.57. The molecule has 1 aliphatic heterocycles. The fourth-order valence-electron chi connectivity index (χ4n) is 2.02. The van der Waals surface area contributed by atoms with Crippen LogP contribution in [0, 0.1) is 0 Å². The minimum absolute atomic E-state index is 0.102. The lowest BCUT2D eigenvalue weighted by atomic mass is 10.1. The molecule has 1 aromatic carbocycles. The van der Waals surface area contributed by atoms with E-state index in [0.717, 1.165) is 44.0 Å². The highest BCUT2D eigenvalue weighted by atomic mass is 16.5. The Bertz CT molecular complexity index is 383. The first-order chi connectivity index (χ1) is 8.75. The molecule has 1 fully saturated rings. The fraction of sp³-hybridized carbons (Fsp3) is 0.500. The average molecular weight is 248 g/mol. The normalized spacial score (nSPS) is 19.5. The number of benzene rings is 1. The smallest absolute Gasteiger partial charge is 0.159 e. The molecule has 0 bridgehead atoms. The van der Waals surface area contributed by atoms with Gasteiger partial charge in [-0.05, 0) is 37.6 Å². The van der Waals surface area contributed by atoms with Gasteiger partial charge in [0.1, 0.15) is 0 Å². The van der Waals surface area contributed by atoms with E-state index in [1.807, 2.05) is 24.3 Å². The van der Waals surface area contributed by atoms with Crippen molar-refractivity contribution >= 4 is 11.5 Å². The van der Waals surface area contributed by atoms with Gasteiger partial charge in [0.05, 0.1) is 13.2 Å². The Kier molecular flexibility index (Phi) is 4.73. The number of ether oxygens (including phenoxy) is 1. The molecule has 1 saturated heterocycles. The molecule has 2 rings (SSSR count). The van der Waals surface area contributed by atoms with Crippen LogP contribution >= 0.6 is 0 Å². The maximum atomic E-state index is 11.1. The molecule has 0 amide bonds. The molecule has 2 N–H and O–H groups in total. The molecule has 1 atom stereocenters. The number of carbonyl (C=O) groups is 1. The summed E-state index contributed by atoms with van der Waals surface area (Å²) in [4.78, 5) is 11.1. The number of hydrogen-bond acceptors (Lipinski definition) is 4. The van der Waals surface area contributed by atoms with Crippen LogP contribution in [-0.2, 0) is 4.74 Å². The van der Waals surface area contributed by atoms with Crippen molar-refractivity contribution in [1.29, 1.82) is 0 Å². The first kappa shape index (κ1) is 13.1. The molecule has 0 radical (unpaired) electrons. The monoisotopic (exact) mass is 248 g/mol. The van der Waals surface area contributed by atoms with E-state index in [1.165, 1.54) is 0 Å². The predicted molar refractivity (Wildman–Crippen MR) is 72.2 cm³/mol. The van der Waals surface area contributed by atoms with E-state index < -0.39 is 0 Å². The number of nitrogens with one attached hydrogen (secondary N) is 2. The third-order valence-corrected chi connectivity index (χ3v) is 3.11. The lowest BCUT2D eigenvalue weighted by Gasteiger charge is -2.23. The first-order valence-corrected chi connectivity index (χ1v) is 6.42. The zero-order chi connectivity index (χ0) is 12.8. The summed E-state index contributed by atoms with van der Waals surface area (Å²) in [5.41, 5.74) is 1.81. The molecule has 0 aromatic heterocycles. The van der Waals surface area contributed by atoms with Crippen molar-refractivity contribution in [1.82, 2.24) is 5.32 Å². The third-order valence-electron chi connectivity index (χ3n) is 3.11. The molecule has 1 unspecified atom stereocenters. The lowest BCUT2D eigenvalue weighted by molar-refractivity contribution is 0.0753. The summed E-state index contributed by atoms with van der Waals surface area (Å²) in [6.45, 7) is 5.04. The number of morpholine rings is 1. The van der Waals surface area contributed by atoms with Crippen LogP contribution in [0.3, 0.4) is 0 Å². The van der Waals surface area contributed by atoms with E-state index in [-0.39, 0.29) is 5.78 Å². The van der Waals surface area contributed by atoms with E-state index in [0.29, 0.717) is 6.04 Å². The predicted octanol–water partition coefficient (Wildman–Crippen LogP) is 1.68. The van der Waals surface area contributed by atoms with Crippen molar-refractivity contribution in [2.75, 3.05) is 31.6 Å². The van der Waals surface area contributed by atoms with Gasteiger partial charge in [0.2, 0.25) is 0 Å². The van der Waals surface area contributed by atoms with E-state index >= 15 is 0 Å². The van der Waals surface area contributed by atoms with Crippen LogP contribution in [0.5, 0.6) is 0 Å². The van der Waals surface area contributed by atoms with E-state index in [1.54, 1.807) is 6.92 Å². The molecule has 1 aromatic rings. The zero-order valence-corrected chi connectivity index (χ0v) is 10.7. The molecule has 4 heteroatoms. The highest BCUT2D eigenvalue weighted by Crippen LogP contribution is 2.10. The number of carbonyl (C=O) groups excluding carboxylic acids is 1. The molecule has 1 heterocycles. The highest BCUT2D eigenvalue weighted by molar-refractivity contribution is 5.94. The Morgan fingerprint density at radius 1 is 1.44 bits per heavy atom. The Labute approximate surface area is 108 Å². The van der Waals surface area contributed by atoms with Gasteiger partial charge in [-0.1, -0.05) is 0 Å². The summed E-state index contributed by atoms with van der Waals surface area (Å²) in [6.07, 6.45) is 1.04. The number of Topliss-reactive ketones (excluding diaryl/α,β-unsaturated/α-hetero) is 1. The average Bonchev–Trinajstić information content (AvgIpc) is 2.40. The largest absolute Gasteiger partial charge is 0.385 e. The highest BCUT2D eigenvalue weighted by Gasteiger charge is 2.11. The SMILES string of the molecule is CC(=O)c1ccc(NCCC2COCCN2)cc1. The van der Waals surface area contributed by atoms with Gasteiger partial charge in [0, 0.05) is 30.4 Å². The summed E-state index contributed by atoms with van der Waals surface area (Å²) in [6, 6.07) is 8.05. The molecule has 4 nitrogen and oxygen atoms in total. The Balaban J connectivity index is 1.74. The zero-order valence-electron chi connectivity index (χ0n) is 10.7. The maximum absolute atomic E-state index is 11.1. The number of hydrogen-bond donors (Lipinski definition) is 2. The van der Waals surface area contributed by atoms with Crippen LogP contribution in [0.2, 0.25) is 0 Å². The van der Waals surface area contributed by atoms with Gasteiger partial charge in [-0.25, -0.2) is 0 Å². The van der Waals surface area contributed by atoms with Crippen molar-refractivity contribution in [3.8, 4) is 0 Å². The molecule has 98 valence electrons. The van der Waals surface area contributed by atoms with Gasteiger partial charge in [-0.15, -0.1) is 0 Å². The van der Waals surface area contributed by atoms with Crippen molar-refractivity contribution in [3.63, 3.8) is 0 Å². The van der Waals surface area contributed by atoms with Crippen LogP contribution < -0.4 is 10.6 Å². The van der Waals surface area contributed by atoms with Crippen molar-refractivity contribution in [2.24, 2.45) is 0 Å². The maximum Gasteiger partial charge on any atom is 0.159 e. The topological polar surface area (TPSA) is 50.4 Å². The van der Waals surface area contributed by atoms with Gasteiger partial charge >= 0.3 is 0 Å². The molecule has 0 saturated carbocycles. The second-order valence-corrected chi connectivity index (χ2v) is 4.57. The number of rotatable bonds is 5. The van der Waals surface area contributed by atoms with Gasteiger partial charge < -0.3 is 15.4 Å². The van der Waals surface area contributed by atoms with Gasteiger partial charge in [0.15, 0.2) is 5.78 Å². The summed E-state index contributed by atoms with van der Waals surface area (Å²) in [5.74, 6) is 0.102. The van der Waals surface area contributed by atoms with Gasteiger partial charge in [-0.3, -0.25) is 4.79 Å². The van der Waals surface area contributed by atoms with Crippen LogP contribution in [0.4, 0.5) is 5.69 Å². The van der Waals surface area contributed by atoms with Gasteiger partial charge in [-0.2, -0.15) is 0 Å². The molecule has 18 heavy (non-hydrogen) atoms. The van der Waals surface area contributed by atoms with Crippen LogP contribution in [0.1, 0.15) is 23.7 Å². The summed E-state index contributed by atoms with van der Waals surface area (Å²) in [7, 11) is 0. The molecule has 0 aliphatic carbocycles. The first-order valence-electron chi connectivity index (χ1n) is 6.42. The Morgan fingerprint density at radius 3 is 2.83 bits per heavy atom. The quantitative estimate of drug-likeness (QED) is 0.778. The second kappa shape index (κ2) is 6.52. The number of anilines is 1. The standard InChI is InChI=1S/C14H20N2O2/c1-11(17)12-2-4-13(5-3-12)15-7-6-14-10-18-9-8-16-14/h2-5,14-16H,6-10H2,1H3. The molecule has 0 spiro atoms. The number of ketones is 1. The van der Waals surface area contributed by atoms with Crippen molar-refractivity contribution in [2.45, 2.75) is 19.4 Å². The summed E-state index contributed by atoms with van der Waals surface area (Å²) >= 11 is 0. The lowest BCUT2D eigenvalue weighted by Crippen LogP contribution is -2.42. The van der Waals surface area contributed by atoms with E-state index in [2.05, 4.69) is 10.6 Å². The summed E-state index contributed by atoms with van der Waals surface area (Å²) < 4.78 is 5.40. The molecular formula is C14H20N2O2. The van der Waals surface area contributed by atoms with E-state index in [4.69, 9.17) is 4.74 Å². The molecular weight excluding hydrogens is 228 g/mol. The minimum Gasteiger partial charge on any atom is -0.385 e. The van der Waals surface area contributed by atoms with Crippen molar-refractivity contribution < 1.29 is 9.53 Å². The van der Waals surface area contributed by atoms with Crippen LogP contribution in [0.15, 0.2) is 24.3 Å². The van der Waals surface area contributed by atoms with Crippen molar-refractivity contribution in [3.05, 3.63) is 29.8 Å². The summed E-state index contributed by atoms with van der Waals surface area (Å²) in [5, 5.41) is 6.77. The van der Waals surface area contributed by atoms with Crippen LogP contribution in [0.25, 0.3) is 0 Å². The van der Waals surface area contributed by atoms with Gasteiger partial charge in [0.25, 0.3) is 0 Å². The van der Waals surface area contributed by atoms with Crippen LogP contribution in [-0.4, -0.2) is 38.1 Å². The Morgan fingerprint density at radius 2 is 2.22 bits per heavy atom. The minimum atomic E-state index is 0.102. The third kappa shape index (κ3) is 3.82. The molecule has 1 aliphatic rings. The fourth-order valence-corrected chi connectivity index (χ4v) is 2.02. The Hall–Kier alpha value is -1.39.